The molecule has 0 heterocycles. The van der Waals surface area contributed by atoms with Crippen molar-refractivity contribution in [3.05, 3.63) is 0 Å². The van der Waals surface area contributed by atoms with Crippen molar-refractivity contribution >= 4 is 18.3 Å². The molecule has 3 nitrogen and oxygen atoms in total. The number of carbonyl (C=O) groups is 1. The zero-order chi connectivity index (χ0) is 14.4. The van der Waals surface area contributed by atoms with Gasteiger partial charge in [-0.05, 0) is 38.0 Å². The van der Waals surface area contributed by atoms with E-state index in [1.165, 1.54) is 0 Å². The zero-order valence-electron chi connectivity index (χ0n) is 13.6. The number of hydrogen-bond donors (Lipinski definition) is 1. The molecule has 1 amide bonds. The topological polar surface area (TPSA) is 46.3 Å². The Morgan fingerprint density at radius 1 is 1.25 bits per heavy atom. The van der Waals surface area contributed by atoms with Crippen molar-refractivity contribution in [2.45, 2.75) is 78.3 Å². The van der Waals surface area contributed by atoms with E-state index >= 15 is 0 Å². The number of hydrogen-bond acceptors (Lipinski definition) is 2. The average molecular weight is 305 g/mol. The molecule has 0 radical (unpaired) electrons. The van der Waals surface area contributed by atoms with Crippen molar-refractivity contribution in [2.75, 3.05) is 6.54 Å². The summed E-state index contributed by atoms with van der Waals surface area (Å²) in [5.41, 5.74) is 6.03. The highest BCUT2D eigenvalue weighted by Crippen LogP contribution is 2.27. The molecule has 1 fully saturated rings. The van der Waals surface area contributed by atoms with Crippen LogP contribution in [-0.4, -0.2) is 29.4 Å². The van der Waals surface area contributed by atoms with E-state index in [0.29, 0.717) is 17.9 Å². The summed E-state index contributed by atoms with van der Waals surface area (Å²) in [7, 11) is 0. The molecule has 20 heavy (non-hydrogen) atoms. The number of carbonyl (C=O) groups excluding carboxylic acids is 1. The summed E-state index contributed by atoms with van der Waals surface area (Å²) in [5, 5.41) is 0. The molecule has 1 saturated carbocycles. The standard InChI is InChI=1S/C16H32N2O.ClH/c1-5-15(6-2)18(11-12(3)4)16(19)13-8-7-9-14(17)10-13;/h12-15H,5-11,17H2,1-4H3;1H. The second kappa shape index (κ2) is 9.62. The van der Waals surface area contributed by atoms with Crippen LogP contribution >= 0.6 is 12.4 Å². The lowest BCUT2D eigenvalue weighted by Crippen LogP contribution is -2.47. The van der Waals surface area contributed by atoms with Crippen molar-refractivity contribution in [2.24, 2.45) is 17.6 Å². The summed E-state index contributed by atoms with van der Waals surface area (Å²) >= 11 is 0. The number of amides is 1. The van der Waals surface area contributed by atoms with Gasteiger partial charge in [0.1, 0.15) is 0 Å². The number of rotatable bonds is 6. The van der Waals surface area contributed by atoms with E-state index in [9.17, 15) is 4.79 Å². The Morgan fingerprint density at radius 2 is 1.85 bits per heavy atom. The van der Waals surface area contributed by atoms with E-state index in [0.717, 1.165) is 45.1 Å². The Bertz CT molecular complexity index is 280. The first kappa shape index (κ1) is 19.7. The van der Waals surface area contributed by atoms with E-state index in [2.05, 4.69) is 32.6 Å². The second-order valence-corrected chi connectivity index (χ2v) is 6.48. The Labute approximate surface area is 131 Å². The van der Waals surface area contributed by atoms with Crippen LogP contribution in [0, 0.1) is 11.8 Å². The molecule has 2 unspecified atom stereocenters. The van der Waals surface area contributed by atoms with Gasteiger partial charge in [-0.15, -0.1) is 12.4 Å². The predicted molar refractivity (Wildman–Crippen MR) is 88.1 cm³/mol. The fraction of sp³-hybridized carbons (Fsp3) is 0.938. The van der Waals surface area contributed by atoms with E-state index in [1.54, 1.807) is 0 Å². The number of nitrogens with zero attached hydrogens (tertiary/aromatic N) is 1. The molecule has 0 aromatic carbocycles. The first-order valence-electron chi connectivity index (χ1n) is 8.05. The smallest absolute Gasteiger partial charge is 0.225 e. The third kappa shape index (κ3) is 5.61. The summed E-state index contributed by atoms with van der Waals surface area (Å²) in [6.45, 7) is 9.63. The minimum absolute atomic E-state index is 0. The molecule has 4 heteroatoms. The molecule has 1 aliphatic carbocycles. The van der Waals surface area contributed by atoms with Gasteiger partial charge in [0.25, 0.3) is 0 Å². The van der Waals surface area contributed by atoms with E-state index in [1.807, 2.05) is 0 Å². The van der Waals surface area contributed by atoms with Crippen molar-refractivity contribution in [1.29, 1.82) is 0 Å². The third-order valence-corrected chi connectivity index (χ3v) is 4.29. The van der Waals surface area contributed by atoms with Gasteiger partial charge >= 0.3 is 0 Å². The highest BCUT2D eigenvalue weighted by molar-refractivity contribution is 5.85. The monoisotopic (exact) mass is 304 g/mol. The molecule has 1 rings (SSSR count). The highest BCUT2D eigenvalue weighted by Gasteiger charge is 2.31. The van der Waals surface area contributed by atoms with Crippen LogP contribution in [0.5, 0.6) is 0 Å². The van der Waals surface area contributed by atoms with Gasteiger partial charge in [0, 0.05) is 24.5 Å². The highest BCUT2D eigenvalue weighted by atomic mass is 35.5. The summed E-state index contributed by atoms with van der Waals surface area (Å²) in [6, 6.07) is 0.623. The van der Waals surface area contributed by atoms with Gasteiger partial charge in [0.15, 0.2) is 0 Å². The molecule has 0 spiro atoms. The van der Waals surface area contributed by atoms with Gasteiger partial charge in [0.2, 0.25) is 5.91 Å². The molecule has 1 aliphatic rings. The lowest BCUT2D eigenvalue weighted by Gasteiger charge is -2.37. The van der Waals surface area contributed by atoms with E-state index in [-0.39, 0.29) is 24.4 Å². The fourth-order valence-corrected chi connectivity index (χ4v) is 3.23. The van der Waals surface area contributed by atoms with Gasteiger partial charge in [-0.3, -0.25) is 4.79 Å². The van der Waals surface area contributed by atoms with Crippen LogP contribution in [0.3, 0.4) is 0 Å². The SMILES string of the molecule is CCC(CC)N(CC(C)C)C(=O)C1CCCC(N)C1.Cl. The maximum Gasteiger partial charge on any atom is 0.225 e. The maximum absolute atomic E-state index is 12.8. The van der Waals surface area contributed by atoms with Crippen LogP contribution in [0.15, 0.2) is 0 Å². The van der Waals surface area contributed by atoms with Crippen LogP contribution < -0.4 is 5.73 Å². The van der Waals surface area contributed by atoms with E-state index < -0.39 is 0 Å². The molecule has 0 saturated heterocycles. The van der Waals surface area contributed by atoms with Gasteiger partial charge in [-0.2, -0.15) is 0 Å². The molecule has 0 aromatic rings. The molecular formula is C16H33ClN2O. The van der Waals surface area contributed by atoms with Crippen molar-refractivity contribution in [3.63, 3.8) is 0 Å². The summed E-state index contributed by atoms with van der Waals surface area (Å²) in [6.07, 6.45) is 6.20. The van der Waals surface area contributed by atoms with Crippen LogP contribution in [-0.2, 0) is 4.79 Å². The Kier molecular flexibility index (Phi) is 9.48. The predicted octanol–water partition coefficient (Wildman–Crippen LogP) is 3.60. The van der Waals surface area contributed by atoms with Crippen LogP contribution in [0.25, 0.3) is 0 Å². The summed E-state index contributed by atoms with van der Waals surface area (Å²) < 4.78 is 0. The quantitative estimate of drug-likeness (QED) is 0.815. The Hall–Kier alpha value is -0.280. The van der Waals surface area contributed by atoms with Crippen LogP contribution in [0.2, 0.25) is 0 Å². The molecule has 0 aromatic heterocycles. The third-order valence-electron chi connectivity index (χ3n) is 4.29. The van der Waals surface area contributed by atoms with Crippen molar-refractivity contribution in [1.82, 2.24) is 4.90 Å². The number of nitrogens with two attached hydrogens (primary N) is 1. The largest absolute Gasteiger partial charge is 0.339 e. The molecular weight excluding hydrogens is 272 g/mol. The molecule has 120 valence electrons. The first-order valence-corrected chi connectivity index (χ1v) is 8.05. The van der Waals surface area contributed by atoms with Crippen molar-refractivity contribution < 1.29 is 4.79 Å². The van der Waals surface area contributed by atoms with Gasteiger partial charge in [-0.25, -0.2) is 0 Å². The minimum atomic E-state index is 0. The van der Waals surface area contributed by atoms with Gasteiger partial charge < -0.3 is 10.6 Å². The van der Waals surface area contributed by atoms with Crippen molar-refractivity contribution in [3.8, 4) is 0 Å². The lowest BCUT2D eigenvalue weighted by atomic mass is 9.84. The maximum atomic E-state index is 12.8. The minimum Gasteiger partial charge on any atom is -0.339 e. The number of halogens is 1. The fourth-order valence-electron chi connectivity index (χ4n) is 3.23. The Balaban J connectivity index is 0.00000361. The molecule has 0 bridgehead atoms. The zero-order valence-corrected chi connectivity index (χ0v) is 14.4. The average Bonchev–Trinajstić information content (AvgIpc) is 2.37. The summed E-state index contributed by atoms with van der Waals surface area (Å²) in [5.74, 6) is 1.06. The lowest BCUT2D eigenvalue weighted by molar-refractivity contribution is -0.140. The van der Waals surface area contributed by atoms with Crippen LogP contribution in [0.4, 0.5) is 0 Å². The summed E-state index contributed by atoms with van der Waals surface area (Å²) in [4.78, 5) is 15.0. The van der Waals surface area contributed by atoms with Gasteiger partial charge in [-0.1, -0.05) is 34.1 Å². The molecule has 2 N–H and O–H groups in total. The van der Waals surface area contributed by atoms with Crippen LogP contribution in [0.1, 0.15) is 66.2 Å². The molecule has 0 aliphatic heterocycles. The first-order chi connectivity index (χ1) is 8.99. The Morgan fingerprint density at radius 3 is 2.30 bits per heavy atom. The second-order valence-electron chi connectivity index (χ2n) is 6.48. The van der Waals surface area contributed by atoms with E-state index in [4.69, 9.17) is 5.73 Å². The van der Waals surface area contributed by atoms with Gasteiger partial charge in [0.05, 0.1) is 0 Å². The molecule has 2 atom stereocenters. The normalized spacial score (nSPS) is 22.8.